The van der Waals surface area contributed by atoms with Gasteiger partial charge in [0.1, 0.15) is 5.82 Å². The zero-order chi connectivity index (χ0) is 18.8. The van der Waals surface area contributed by atoms with E-state index in [9.17, 15) is 4.79 Å². The standard InChI is InChI=1S/C19H22N6OS/c1-13-11-27-12-16(13)10-25-17(7-14-3-2-5-21-8-14)22-23-19(25)24-6-4-15(9-24)18(20)26/h2-3,5,8,11-12,15H,4,6-7,9-10H2,1H3,(H2,20,26). The number of rotatable bonds is 6. The fourth-order valence-corrected chi connectivity index (χ4v) is 4.28. The summed E-state index contributed by atoms with van der Waals surface area (Å²) < 4.78 is 2.16. The van der Waals surface area contributed by atoms with E-state index in [-0.39, 0.29) is 11.8 Å². The lowest BCUT2D eigenvalue weighted by Crippen LogP contribution is -2.29. The molecule has 4 rings (SSSR count). The lowest BCUT2D eigenvalue weighted by Gasteiger charge is -2.19. The average Bonchev–Trinajstić information content (AvgIpc) is 3.38. The molecule has 1 saturated heterocycles. The van der Waals surface area contributed by atoms with Crippen LogP contribution in [0.2, 0.25) is 0 Å². The third-order valence-electron chi connectivity index (χ3n) is 5.06. The number of aryl methyl sites for hydroxylation is 1. The van der Waals surface area contributed by atoms with Crippen LogP contribution < -0.4 is 10.6 Å². The van der Waals surface area contributed by atoms with Crippen molar-refractivity contribution in [2.45, 2.75) is 26.3 Å². The number of anilines is 1. The monoisotopic (exact) mass is 382 g/mol. The quantitative estimate of drug-likeness (QED) is 0.704. The number of thiophene rings is 1. The maximum absolute atomic E-state index is 11.6. The maximum Gasteiger partial charge on any atom is 0.227 e. The van der Waals surface area contributed by atoms with Crippen LogP contribution in [0.3, 0.4) is 0 Å². The van der Waals surface area contributed by atoms with Crippen molar-refractivity contribution in [2.75, 3.05) is 18.0 Å². The Morgan fingerprint density at radius 3 is 2.93 bits per heavy atom. The van der Waals surface area contributed by atoms with Crippen LogP contribution >= 0.6 is 11.3 Å². The second kappa shape index (κ2) is 7.48. The van der Waals surface area contributed by atoms with Crippen molar-refractivity contribution in [3.63, 3.8) is 0 Å². The molecule has 7 nitrogen and oxygen atoms in total. The van der Waals surface area contributed by atoms with Crippen molar-refractivity contribution in [2.24, 2.45) is 11.7 Å². The van der Waals surface area contributed by atoms with Gasteiger partial charge in [0.15, 0.2) is 0 Å². The molecule has 4 heterocycles. The van der Waals surface area contributed by atoms with Crippen molar-refractivity contribution < 1.29 is 4.79 Å². The van der Waals surface area contributed by atoms with E-state index >= 15 is 0 Å². The molecule has 27 heavy (non-hydrogen) atoms. The van der Waals surface area contributed by atoms with E-state index in [2.05, 4.69) is 42.3 Å². The van der Waals surface area contributed by atoms with E-state index in [1.807, 2.05) is 18.3 Å². The smallest absolute Gasteiger partial charge is 0.227 e. The highest BCUT2D eigenvalue weighted by molar-refractivity contribution is 7.08. The van der Waals surface area contributed by atoms with Gasteiger partial charge in [0.2, 0.25) is 11.9 Å². The molecule has 0 aromatic carbocycles. The summed E-state index contributed by atoms with van der Waals surface area (Å²) in [7, 11) is 0. The largest absolute Gasteiger partial charge is 0.369 e. The van der Waals surface area contributed by atoms with Crippen LogP contribution in [0, 0.1) is 12.8 Å². The van der Waals surface area contributed by atoms with E-state index in [4.69, 9.17) is 5.73 Å². The summed E-state index contributed by atoms with van der Waals surface area (Å²) in [5.74, 6) is 1.34. The molecule has 8 heteroatoms. The van der Waals surface area contributed by atoms with Gasteiger partial charge in [0.25, 0.3) is 0 Å². The molecule has 1 aliphatic rings. The topological polar surface area (TPSA) is 89.9 Å². The normalized spacial score (nSPS) is 16.8. The summed E-state index contributed by atoms with van der Waals surface area (Å²) in [5.41, 5.74) is 9.12. The highest BCUT2D eigenvalue weighted by Crippen LogP contribution is 2.26. The molecule has 3 aromatic rings. The maximum atomic E-state index is 11.6. The van der Waals surface area contributed by atoms with Crippen LogP contribution in [-0.2, 0) is 17.8 Å². The molecule has 0 aliphatic carbocycles. The van der Waals surface area contributed by atoms with Crippen LogP contribution in [0.1, 0.15) is 28.9 Å². The number of pyridine rings is 1. The second-order valence-electron chi connectivity index (χ2n) is 6.95. The lowest BCUT2D eigenvalue weighted by molar-refractivity contribution is -0.121. The van der Waals surface area contributed by atoms with Crippen LogP contribution in [0.4, 0.5) is 5.95 Å². The number of amides is 1. The van der Waals surface area contributed by atoms with Gasteiger partial charge in [0, 0.05) is 31.9 Å². The van der Waals surface area contributed by atoms with E-state index in [0.29, 0.717) is 19.5 Å². The molecule has 1 amide bonds. The van der Waals surface area contributed by atoms with Crippen molar-refractivity contribution in [1.82, 2.24) is 19.7 Å². The van der Waals surface area contributed by atoms with Gasteiger partial charge < -0.3 is 10.6 Å². The number of nitrogens with zero attached hydrogens (tertiary/aromatic N) is 5. The highest BCUT2D eigenvalue weighted by Gasteiger charge is 2.30. The van der Waals surface area contributed by atoms with Gasteiger partial charge in [-0.15, -0.1) is 10.2 Å². The Hall–Kier alpha value is -2.74. The SMILES string of the molecule is Cc1cscc1Cn1c(Cc2cccnc2)nnc1N1CCC(C(N)=O)C1. The van der Waals surface area contributed by atoms with Crippen molar-refractivity contribution in [1.29, 1.82) is 0 Å². The van der Waals surface area contributed by atoms with Gasteiger partial charge in [-0.25, -0.2) is 0 Å². The number of carbonyl (C=O) groups is 1. The third kappa shape index (κ3) is 3.71. The first-order chi connectivity index (χ1) is 13.1. The minimum atomic E-state index is -0.243. The molecule has 3 aromatic heterocycles. The Balaban J connectivity index is 1.66. The van der Waals surface area contributed by atoms with Crippen LogP contribution in [0.25, 0.3) is 0 Å². The number of hydrogen-bond acceptors (Lipinski definition) is 6. The average molecular weight is 382 g/mol. The number of aromatic nitrogens is 4. The first-order valence-corrected chi connectivity index (χ1v) is 9.93. The summed E-state index contributed by atoms with van der Waals surface area (Å²) >= 11 is 1.70. The van der Waals surface area contributed by atoms with Gasteiger partial charge in [-0.2, -0.15) is 11.3 Å². The molecule has 1 aliphatic heterocycles. The number of hydrogen-bond donors (Lipinski definition) is 1. The summed E-state index contributed by atoms with van der Waals surface area (Å²) in [6, 6.07) is 3.97. The highest BCUT2D eigenvalue weighted by atomic mass is 32.1. The van der Waals surface area contributed by atoms with E-state index in [0.717, 1.165) is 30.3 Å². The third-order valence-corrected chi connectivity index (χ3v) is 5.97. The molecule has 0 saturated carbocycles. The Morgan fingerprint density at radius 2 is 2.26 bits per heavy atom. The van der Waals surface area contributed by atoms with Crippen LogP contribution in [0.5, 0.6) is 0 Å². The molecule has 140 valence electrons. The first kappa shape index (κ1) is 17.7. The molecule has 0 spiro atoms. The molecule has 0 radical (unpaired) electrons. The molecular formula is C19H22N6OS. The zero-order valence-corrected chi connectivity index (χ0v) is 16.0. The van der Waals surface area contributed by atoms with Crippen molar-refractivity contribution >= 4 is 23.2 Å². The first-order valence-electron chi connectivity index (χ1n) is 8.98. The van der Waals surface area contributed by atoms with Gasteiger partial charge in [-0.3, -0.25) is 14.3 Å². The molecular weight excluding hydrogens is 360 g/mol. The fraction of sp³-hybridized carbons (Fsp3) is 0.368. The Bertz CT molecular complexity index is 935. The molecule has 1 unspecified atom stereocenters. The van der Waals surface area contributed by atoms with E-state index < -0.39 is 0 Å². The second-order valence-corrected chi connectivity index (χ2v) is 7.70. The minimum Gasteiger partial charge on any atom is -0.369 e. The fourth-order valence-electron chi connectivity index (χ4n) is 3.43. The Morgan fingerprint density at radius 1 is 1.37 bits per heavy atom. The summed E-state index contributed by atoms with van der Waals surface area (Å²) in [4.78, 5) is 17.9. The molecule has 2 N–H and O–H groups in total. The summed E-state index contributed by atoms with van der Waals surface area (Å²) in [6.07, 6.45) is 5.05. The summed E-state index contributed by atoms with van der Waals surface area (Å²) in [6.45, 7) is 4.20. The van der Waals surface area contributed by atoms with Crippen molar-refractivity contribution in [3.8, 4) is 0 Å². The summed E-state index contributed by atoms with van der Waals surface area (Å²) in [5, 5.41) is 13.3. The predicted molar refractivity (Wildman–Crippen MR) is 105 cm³/mol. The van der Waals surface area contributed by atoms with Crippen molar-refractivity contribution in [3.05, 3.63) is 57.8 Å². The van der Waals surface area contributed by atoms with E-state index in [1.54, 1.807) is 17.5 Å². The zero-order valence-electron chi connectivity index (χ0n) is 15.2. The van der Waals surface area contributed by atoms with Gasteiger partial charge in [-0.05, 0) is 46.9 Å². The number of primary amides is 1. The minimum absolute atomic E-state index is 0.125. The van der Waals surface area contributed by atoms with Crippen LogP contribution in [0.15, 0.2) is 35.3 Å². The number of nitrogens with two attached hydrogens (primary N) is 1. The lowest BCUT2D eigenvalue weighted by atomic mass is 10.1. The van der Waals surface area contributed by atoms with E-state index in [1.165, 1.54) is 11.1 Å². The Labute approximate surface area is 161 Å². The van der Waals surface area contributed by atoms with Crippen LogP contribution in [-0.4, -0.2) is 38.7 Å². The Kier molecular flexibility index (Phi) is 4.89. The predicted octanol–water partition coefficient (Wildman–Crippen LogP) is 1.99. The van der Waals surface area contributed by atoms with Gasteiger partial charge in [0.05, 0.1) is 12.5 Å². The van der Waals surface area contributed by atoms with Gasteiger partial charge in [-0.1, -0.05) is 6.07 Å². The number of carbonyl (C=O) groups excluding carboxylic acids is 1. The molecule has 1 atom stereocenters. The molecule has 0 bridgehead atoms. The molecule has 1 fully saturated rings. The van der Waals surface area contributed by atoms with Gasteiger partial charge >= 0.3 is 0 Å².